The third kappa shape index (κ3) is 2.50. The molecule has 3 heterocycles. The van der Waals surface area contributed by atoms with Gasteiger partial charge < -0.3 is 4.74 Å². The molecule has 26 heavy (non-hydrogen) atoms. The number of nitrogens with zero attached hydrogens (tertiary/aromatic N) is 6. The van der Waals surface area contributed by atoms with Crippen molar-refractivity contribution in [3.05, 3.63) is 40.7 Å². The summed E-state index contributed by atoms with van der Waals surface area (Å²) in [5.74, 6) is -0.386. The lowest BCUT2D eigenvalue weighted by Gasteiger charge is -2.01. The predicted octanol–water partition coefficient (Wildman–Crippen LogP) is 2.36. The van der Waals surface area contributed by atoms with Crippen molar-refractivity contribution in [2.24, 2.45) is 7.05 Å². The van der Waals surface area contributed by atoms with Crippen LogP contribution in [0.4, 0.5) is 0 Å². The van der Waals surface area contributed by atoms with Gasteiger partial charge in [0.1, 0.15) is 5.69 Å². The fourth-order valence-corrected chi connectivity index (χ4v) is 3.25. The number of carbonyl (C=O) groups excluding carboxylic acids is 1. The molecule has 4 rings (SSSR count). The maximum absolute atomic E-state index is 11.6. The molecule has 0 aliphatic carbocycles. The quantitative estimate of drug-likeness (QED) is 0.514. The molecule has 3 aromatic heterocycles. The van der Waals surface area contributed by atoms with E-state index in [2.05, 4.69) is 20.4 Å². The molecule has 9 heteroatoms. The van der Waals surface area contributed by atoms with Gasteiger partial charge in [0, 0.05) is 12.1 Å². The van der Waals surface area contributed by atoms with Gasteiger partial charge >= 0.3 is 5.97 Å². The highest BCUT2D eigenvalue weighted by atomic mass is 35.5. The topological polar surface area (TPSA) is 87.2 Å². The zero-order valence-corrected chi connectivity index (χ0v) is 15.2. The van der Waals surface area contributed by atoms with Crippen LogP contribution in [0.3, 0.4) is 0 Å². The molecule has 0 spiro atoms. The Kier molecular flexibility index (Phi) is 3.84. The van der Waals surface area contributed by atoms with Crippen LogP contribution < -0.4 is 0 Å². The molecule has 0 aliphatic heterocycles. The number of carbonyl (C=O) groups is 1. The van der Waals surface area contributed by atoms with E-state index in [0.29, 0.717) is 27.5 Å². The average molecular weight is 371 g/mol. The van der Waals surface area contributed by atoms with Crippen LogP contribution in [0.5, 0.6) is 0 Å². The molecule has 0 amide bonds. The number of aromatic nitrogens is 6. The van der Waals surface area contributed by atoms with Crippen molar-refractivity contribution in [1.82, 2.24) is 29.6 Å². The zero-order valence-electron chi connectivity index (χ0n) is 14.4. The van der Waals surface area contributed by atoms with E-state index >= 15 is 0 Å². The molecular formula is C17H15ClN6O2. The summed E-state index contributed by atoms with van der Waals surface area (Å²) >= 11 is 6.13. The Balaban J connectivity index is 1.98. The normalized spacial score (nSPS) is 11.4. The van der Waals surface area contributed by atoms with Crippen LogP contribution in [0.15, 0.2) is 24.3 Å². The Morgan fingerprint density at radius 3 is 2.81 bits per heavy atom. The Hall–Kier alpha value is -3.00. The Morgan fingerprint density at radius 2 is 2.08 bits per heavy atom. The van der Waals surface area contributed by atoms with Gasteiger partial charge in [-0.2, -0.15) is 14.7 Å². The van der Waals surface area contributed by atoms with Gasteiger partial charge in [0.25, 0.3) is 0 Å². The fourth-order valence-electron chi connectivity index (χ4n) is 3.06. The van der Waals surface area contributed by atoms with E-state index < -0.39 is 0 Å². The summed E-state index contributed by atoms with van der Waals surface area (Å²) in [5, 5.41) is 18.3. The van der Waals surface area contributed by atoms with Gasteiger partial charge in [-0.1, -0.05) is 23.7 Å². The summed E-state index contributed by atoms with van der Waals surface area (Å²) in [6.45, 7) is 1.91. The maximum Gasteiger partial charge on any atom is 0.311 e. The molecule has 0 bridgehead atoms. The summed E-state index contributed by atoms with van der Waals surface area (Å²) < 4.78 is 8.06. The van der Waals surface area contributed by atoms with E-state index in [1.54, 1.807) is 16.2 Å². The maximum atomic E-state index is 11.6. The van der Waals surface area contributed by atoms with Crippen LogP contribution in [0.25, 0.3) is 27.9 Å². The molecule has 0 N–H and O–H groups in total. The predicted molar refractivity (Wildman–Crippen MR) is 96.0 cm³/mol. The number of ether oxygens (including phenoxy) is 1. The first-order chi connectivity index (χ1) is 12.5. The highest BCUT2D eigenvalue weighted by molar-refractivity contribution is 6.30. The molecule has 0 fully saturated rings. The van der Waals surface area contributed by atoms with Gasteiger partial charge in [-0.05, 0) is 24.6 Å². The van der Waals surface area contributed by atoms with Crippen LogP contribution in [0, 0.1) is 6.92 Å². The van der Waals surface area contributed by atoms with Crippen molar-refractivity contribution in [2.75, 3.05) is 7.11 Å². The van der Waals surface area contributed by atoms with Gasteiger partial charge in [-0.15, -0.1) is 10.2 Å². The second-order valence-corrected chi connectivity index (χ2v) is 6.34. The molecule has 0 saturated carbocycles. The first-order valence-electron chi connectivity index (χ1n) is 7.90. The van der Waals surface area contributed by atoms with Gasteiger partial charge in [0.2, 0.25) is 0 Å². The van der Waals surface area contributed by atoms with Crippen molar-refractivity contribution in [3.8, 4) is 11.1 Å². The SMILES string of the molecule is COC(=O)Cc1nn(C)c2c1nnc1c(-c3cccc(Cl)c3)c(C)nn12. The number of aryl methyl sites for hydroxylation is 2. The molecule has 8 nitrogen and oxygen atoms in total. The first kappa shape index (κ1) is 16.5. The summed E-state index contributed by atoms with van der Waals surface area (Å²) in [4.78, 5) is 11.6. The van der Waals surface area contributed by atoms with Crippen LogP contribution >= 0.6 is 11.6 Å². The smallest absolute Gasteiger partial charge is 0.311 e. The highest BCUT2D eigenvalue weighted by Crippen LogP contribution is 2.30. The molecule has 0 atom stereocenters. The Morgan fingerprint density at radius 1 is 1.27 bits per heavy atom. The van der Waals surface area contributed by atoms with Crippen LogP contribution in [-0.2, 0) is 23.0 Å². The van der Waals surface area contributed by atoms with Gasteiger partial charge in [-0.3, -0.25) is 4.79 Å². The second-order valence-electron chi connectivity index (χ2n) is 5.90. The number of rotatable bonds is 3. The lowest BCUT2D eigenvalue weighted by Crippen LogP contribution is -2.06. The Labute approximate surface area is 153 Å². The minimum atomic E-state index is -0.386. The largest absolute Gasteiger partial charge is 0.469 e. The Bertz CT molecular complexity index is 1160. The van der Waals surface area contributed by atoms with Crippen molar-refractivity contribution in [3.63, 3.8) is 0 Å². The van der Waals surface area contributed by atoms with Crippen LogP contribution in [0.1, 0.15) is 11.4 Å². The highest BCUT2D eigenvalue weighted by Gasteiger charge is 2.21. The van der Waals surface area contributed by atoms with E-state index in [1.165, 1.54) is 7.11 Å². The molecule has 0 aliphatic rings. The number of hydrogen-bond donors (Lipinski definition) is 0. The summed E-state index contributed by atoms with van der Waals surface area (Å²) in [6.07, 6.45) is 0.0232. The minimum Gasteiger partial charge on any atom is -0.469 e. The number of fused-ring (bicyclic) bond motifs is 3. The van der Waals surface area contributed by atoms with Crippen LogP contribution in [-0.4, -0.2) is 42.7 Å². The molecule has 4 aromatic rings. The van der Waals surface area contributed by atoms with Crippen molar-refractivity contribution >= 4 is 34.4 Å². The standard InChI is InChI=1S/C17H15ClN6O2/c1-9-14(10-5-4-6-11(18)7-10)16-20-19-15-12(8-13(25)26-3)22-23(2)17(15)24(16)21-9/h4-7H,8H2,1-3H3. The summed E-state index contributed by atoms with van der Waals surface area (Å²) in [6, 6.07) is 7.51. The number of esters is 1. The first-order valence-corrected chi connectivity index (χ1v) is 8.27. The molecule has 132 valence electrons. The van der Waals surface area contributed by atoms with Crippen molar-refractivity contribution in [1.29, 1.82) is 0 Å². The molecule has 0 unspecified atom stereocenters. The van der Waals surface area contributed by atoms with Gasteiger partial charge in [0.05, 0.1) is 24.8 Å². The van der Waals surface area contributed by atoms with E-state index in [-0.39, 0.29) is 12.4 Å². The molecule has 0 radical (unpaired) electrons. The van der Waals surface area contributed by atoms with Crippen molar-refractivity contribution < 1.29 is 9.53 Å². The number of halogens is 1. The fraction of sp³-hybridized carbons (Fsp3) is 0.235. The third-order valence-electron chi connectivity index (χ3n) is 4.20. The van der Waals surface area contributed by atoms with E-state index in [4.69, 9.17) is 16.3 Å². The number of benzene rings is 1. The monoisotopic (exact) mass is 370 g/mol. The van der Waals surface area contributed by atoms with Gasteiger partial charge in [0.15, 0.2) is 16.8 Å². The number of hydrogen-bond acceptors (Lipinski definition) is 6. The third-order valence-corrected chi connectivity index (χ3v) is 4.43. The average Bonchev–Trinajstić information content (AvgIpc) is 3.11. The lowest BCUT2D eigenvalue weighted by atomic mass is 10.1. The number of methoxy groups -OCH3 is 1. The molecule has 0 saturated heterocycles. The summed E-state index contributed by atoms with van der Waals surface area (Å²) in [7, 11) is 3.12. The van der Waals surface area contributed by atoms with Crippen LogP contribution in [0.2, 0.25) is 5.02 Å². The lowest BCUT2D eigenvalue weighted by molar-refractivity contribution is -0.139. The zero-order chi connectivity index (χ0) is 18.4. The van der Waals surface area contributed by atoms with Gasteiger partial charge in [-0.25, -0.2) is 4.68 Å². The minimum absolute atomic E-state index is 0.0232. The summed E-state index contributed by atoms with van der Waals surface area (Å²) in [5.41, 5.74) is 4.85. The van der Waals surface area contributed by atoms with E-state index in [9.17, 15) is 4.79 Å². The molecular weight excluding hydrogens is 356 g/mol. The van der Waals surface area contributed by atoms with E-state index in [1.807, 2.05) is 31.2 Å². The van der Waals surface area contributed by atoms with Crippen molar-refractivity contribution in [2.45, 2.75) is 13.3 Å². The molecule has 1 aromatic carbocycles. The van der Waals surface area contributed by atoms with E-state index in [0.717, 1.165) is 16.8 Å². The second kappa shape index (κ2) is 6.06.